The second kappa shape index (κ2) is 5.50. The molecule has 0 fully saturated rings. The van der Waals surface area contributed by atoms with Gasteiger partial charge in [-0.3, -0.25) is 4.79 Å². The maximum absolute atomic E-state index is 10.6. The van der Waals surface area contributed by atoms with Gasteiger partial charge in [-0.15, -0.1) is 0 Å². The normalized spacial score (nSPS) is 9.94. The number of nitrogens with two attached hydrogens (primary N) is 1. The van der Waals surface area contributed by atoms with Crippen LogP contribution in [0.3, 0.4) is 0 Å². The molecule has 0 spiro atoms. The number of nitrogens with zero attached hydrogens (tertiary/aromatic N) is 2. The summed E-state index contributed by atoms with van der Waals surface area (Å²) in [6.07, 6.45) is 0. The Morgan fingerprint density at radius 2 is 2.12 bits per heavy atom. The van der Waals surface area contributed by atoms with Crippen molar-refractivity contribution in [2.24, 2.45) is 0 Å². The Labute approximate surface area is 98.6 Å². The first-order valence-electron chi connectivity index (χ1n) is 4.78. The number of aromatic nitrogens is 2. The zero-order chi connectivity index (χ0) is 12.1. The first-order chi connectivity index (χ1) is 7.50. The number of hydrogen-bond acceptors (Lipinski definition) is 5. The highest BCUT2D eigenvalue weighted by atomic mass is 35.5. The lowest BCUT2D eigenvalue weighted by Gasteiger charge is -2.09. The van der Waals surface area contributed by atoms with Gasteiger partial charge in [0.2, 0.25) is 5.91 Å². The average molecular weight is 244 g/mol. The molecule has 0 radical (unpaired) electrons. The van der Waals surface area contributed by atoms with Crippen LogP contribution >= 0.6 is 11.6 Å². The molecule has 1 rings (SSSR count). The zero-order valence-electron chi connectivity index (χ0n) is 9.17. The summed E-state index contributed by atoms with van der Waals surface area (Å²) in [4.78, 5) is 18.6. The SMILES string of the molecule is CC(=O)NCCNc1nc(C)nc(Cl)c1N. The van der Waals surface area contributed by atoms with Crippen molar-refractivity contribution in [1.82, 2.24) is 15.3 Å². The molecule has 16 heavy (non-hydrogen) atoms. The highest BCUT2D eigenvalue weighted by molar-refractivity contribution is 6.32. The predicted octanol–water partition coefficient (Wildman–Crippen LogP) is 0.569. The third-order valence-corrected chi connectivity index (χ3v) is 2.09. The van der Waals surface area contributed by atoms with Crippen molar-refractivity contribution < 1.29 is 4.79 Å². The molecule has 4 N–H and O–H groups in total. The Morgan fingerprint density at radius 3 is 2.75 bits per heavy atom. The summed E-state index contributed by atoms with van der Waals surface area (Å²) >= 11 is 5.80. The van der Waals surface area contributed by atoms with Crippen LogP contribution in [0.2, 0.25) is 5.15 Å². The molecule has 1 aromatic heterocycles. The Hall–Kier alpha value is -1.56. The minimum Gasteiger partial charge on any atom is -0.393 e. The van der Waals surface area contributed by atoms with E-state index in [0.29, 0.717) is 30.4 Å². The van der Waals surface area contributed by atoms with Crippen LogP contribution in [0.15, 0.2) is 0 Å². The standard InChI is InChI=1S/C9H14ClN5O/c1-5-14-8(10)7(11)9(15-5)13-4-3-12-6(2)16/h3-4,11H2,1-2H3,(H,12,16)(H,13,14,15). The lowest BCUT2D eigenvalue weighted by atomic mass is 10.4. The first kappa shape index (κ1) is 12.5. The van der Waals surface area contributed by atoms with Crippen LogP contribution < -0.4 is 16.4 Å². The van der Waals surface area contributed by atoms with Crippen LogP contribution in [-0.4, -0.2) is 29.0 Å². The van der Waals surface area contributed by atoms with Crippen molar-refractivity contribution in [1.29, 1.82) is 0 Å². The lowest BCUT2D eigenvalue weighted by Crippen LogP contribution is -2.26. The molecule has 1 amide bonds. The van der Waals surface area contributed by atoms with Gasteiger partial charge in [0.25, 0.3) is 0 Å². The molecule has 88 valence electrons. The van der Waals surface area contributed by atoms with Gasteiger partial charge in [0.15, 0.2) is 11.0 Å². The van der Waals surface area contributed by atoms with E-state index >= 15 is 0 Å². The molecular formula is C9H14ClN5O. The summed E-state index contributed by atoms with van der Waals surface area (Å²) < 4.78 is 0. The number of aryl methyl sites for hydroxylation is 1. The van der Waals surface area contributed by atoms with Gasteiger partial charge in [-0.2, -0.15) is 0 Å². The Morgan fingerprint density at radius 1 is 1.44 bits per heavy atom. The van der Waals surface area contributed by atoms with Crippen molar-refractivity contribution >= 4 is 29.0 Å². The van der Waals surface area contributed by atoms with Gasteiger partial charge < -0.3 is 16.4 Å². The summed E-state index contributed by atoms with van der Waals surface area (Å²) in [5.74, 6) is 0.954. The summed E-state index contributed by atoms with van der Waals surface area (Å²) in [6, 6.07) is 0. The Balaban J connectivity index is 2.57. The third kappa shape index (κ3) is 3.54. The third-order valence-electron chi connectivity index (χ3n) is 1.80. The van der Waals surface area contributed by atoms with Crippen LogP contribution in [0.1, 0.15) is 12.7 Å². The molecular weight excluding hydrogens is 230 g/mol. The van der Waals surface area contributed by atoms with Crippen molar-refractivity contribution in [2.75, 3.05) is 24.1 Å². The average Bonchev–Trinajstić information content (AvgIpc) is 2.19. The number of carbonyl (C=O) groups is 1. The number of rotatable bonds is 4. The molecule has 1 heterocycles. The summed E-state index contributed by atoms with van der Waals surface area (Å²) in [5, 5.41) is 5.85. The fraction of sp³-hybridized carbons (Fsp3) is 0.444. The number of anilines is 2. The van der Waals surface area contributed by atoms with Gasteiger partial charge >= 0.3 is 0 Å². The molecule has 7 heteroatoms. The minimum atomic E-state index is -0.0772. The fourth-order valence-corrected chi connectivity index (χ4v) is 1.31. The zero-order valence-corrected chi connectivity index (χ0v) is 9.93. The van der Waals surface area contributed by atoms with Gasteiger partial charge in [0, 0.05) is 20.0 Å². The van der Waals surface area contributed by atoms with Gasteiger partial charge in [-0.1, -0.05) is 11.6 Å². The molecule has 0 saturated carbocycles. The first-order valence-corrected chi connectivity index (χ1v) is 5.16. The van der Waals surface area contributed by atoms with Gasteiger partial charge in [0.1, 0.15) is 11.5 Å². The van der Waals surface area contributed by atoms with E-state index in [-0.39, 0.29) is 11.1 Å². The quantitative estimate of drug-likeness (QED) is 0.531. The Bertz CT molecular complexity index is 396. The van der Waals surface area contributed by atoms with Gasteiger partial charge in [0.05, 0.1) is 0 Å². The predicted molar refractivity (Wildman–Crippen MR) is 63.4 cm³/mol. The molecule has 0 aliphatic carbocycles. The summed E-state index contributed by atoms with van der Waals surface area (Å²) in [5.41, 5.74) is 6.00. The smallest absolute Gasteiger partial charge is 0.216 e. The van der Waals surface area contributed by atoms with E-state index in [9.17, 15) is 4.79 Å². The monoisotopic (exact) mass is 243 g/mol. The molecule has 6 nitrogen and oxygen atoms in total. The van der Waals surface area contributed by atoms with Crippen molar-refractivity contribution in [3.8, 4) is 0 Å². The second-order valence-corrected chi connectivity index (χ2v) is 3.59. The lowest BCUT2D eigenvalue weighted by molar-refractivity contribution is -0.118. The summed E-state index contributed by atoms with van der Waals surface area (Å²) in [7, 11) is 0. The van der Waals surface area contributed by atoms with E-state index in [1.54, 1.807) is 6.92 Å². The highest BCUT2D eigenvalue weighted by Gasteiger charge is 2.07. The number of nitrogens with one attached hydrogen (secondary N) is 2. The van der Waals surface area contributed by atoms with Crippen molar-refractivity contribution in [3.63, 3.8) is 0 Å². The number of amides is 1. The highest BCUT2D eigenvalue weighted by Crippen LogP contribution is 2.22. The maximum Gasteiger partial charge on any atom is 0.216 e. The van der Waals surface area contributed by atoms with Gasteiger partial charge in [-0.25, -0.2) is 9.97 Å². The van der Waals surface area contributed by atoms with E-state index in [1.165, 1.54) is 6.92 Å². The van der Waals surface area contributed by atoms with E-state index in [0.717, 1.165) is 0 Å². The van der Waals surface area contributed by atoms with Crippen LogP contribution in [-0.2, 0) is 4.79 Å². The molecule has 1 aromatic rings. The molecule has 0 aliphatic rings. The maximum atomic E-state index is 10.6. The van der Waals surface area contributed by atoms with Crippen LogP contribution in [0.25, 0.3) is 0 Å². The Kier molecular flexibility index (Phi) is 4.30. The number of carbonyl (C=O) groups excluding carboxylic acids is 1. The second-order valence-electron chi connectivity index (χ2n) is 3.23. The van der Waals surface area contributed by atoms with E-state index in [1.807, 2.05) is 0 Å². The molecule has 0 unspecified atom stereocenters. The number of halogens is 1. The van der Waals surface area contributed by atoms with Crippen LogP contribution in [0.4, 0.5) is 11.5 Å². The van der Waals surface area contributed by atoms with Gasteiger partial charge in [-0.05, 0) is 6.92 Å². The molecule has 0 bridgehead atoms. The topological polar surface area (TPSA) is 92.9 Å². The van der Waals surface area contributed by atoms with Crippen molar-refractivity contribution in [2.45, 2.75) is 13.8 Å². The van der Waals surface area contributed by atoms with E-state index in [4.69, 9.17) is 17.3 Å². The van der Waals surface area contributed by atoms with Crippen LogP contribution in [0, 0.1) is 6.92 Å². The molecule has 0 aromatic carbocycles. The minimum absolute atomic E-state index is 0.0772. The molecule has 0 atom stereocenters. The largest absolute Gasteiger partial charge is 0.393 e. The van der Waals surface area contributed by atoms with E-state index < -0.39 is 0 Å². The fourth-order valence-electron chi connectivity index (χ4n) is 1.10. The summed E-state index contributed by atoms with van der Waals surface area (Å²) in [6.45, 7) is 4.20. The number of hydrogen-bond donors (Lipinski definition) is 3. The van der Waals surface area contributed by atoms with E-state index in [2.05, 4.69) is 20.6 Å². The molecule has 0 aliphatic heterocycles. The van der Waals surface area contributed by atoms with Crippen molar-refractivity contribution in [3.05, 3.63) is 11.0 Å². The molecule has 0 saturated heterocycles. The van der Waals surface area contributed by atoms with Crippen LogP contribution in [0.5, 0.6) is 0 Å². The number of nitrogen functional groups attached to an aromatic ring is 1.